The molecule has 0 saturated carbocycles. The van der Waals surface area contributed by atoms with Crippen LogP contribution in [0.4, 0.5) is 0 Å². The molecule has 6 heteroatoms. The average Bonchev–Trinajstić information content (AvgIpc) is 2.38. The van der Waals surface area contributed by atoms with E-state index < -0.39 is 11.6 Å². The molecule has 5 nitrogen and oxygen atoms in total. The molecule has 0 aliphatic carbocycles. The molecule has 0 radical (unpaired) electrons. The topological polar surface area (TPSA) is 78.4 Å². The Bertz CT molecular complexity index is 486. The van der Waals surface area contributed by atoms with Gasteiger partial charge in [-0.25, -0.2) is 0 Å². The largest absolute Gasteiger partial charge is 0.394 e. The van der Waals surface area contributed by atoms with Gasteiger partial charge in [0.1, 0.15) is 6.04 Å². The van der Waals surface area contributed by atoms with Crippen LogP contribution < -0.4 is 10.6 Å². The monoisotopic (exact) mass is 298 g/mol. The van der Waals surface area contributed by atoms with E-state index in [0.29, 0.717) is 10.6 Å². The van der Waals surface area contributed by atoms with Gasteiger partial charge in [-0.3, -0.25) is 9.59 Å². The smallest absolute Gasteiger partial charge is 0.251 e. The molecule has 1 aromatic carbocycles. The standard InChI is InChI=1S/C14H19ClN2O3/c1-9(12(19)17-14(2,3)8-18)16-13(20)10-4-6-11(15)7-5-10/h4-7,9,18H,8H2,1-3H3,(H,16,20)(H,17,19). The van der Waals surface area contributed by atoms with Gasteiger partial charge >= 0.3 is 0 Å². The lowest BCUT2D eigenvalue weighted by molar-refractivity contribution is -0.124. The summed E-state index contributed by atoms with van der Waals surface area (Å²) in [6.45, 7) is 4.78. The molecule has 20 heavy (non-hydrogen) atoms. The lowest BCUT2D eigenvalue weighted by atomic mass is 10.1. The number of rotatable bonds is 5. The fourth-order valence-corrected chi connectivity index (χ4v) is 1.55. The van der Waals surface area contributed by atoms with Crippen LogP contribution in [0.25, 0.3) is 0 Å². The van der Waals surface area contributed by atoms with E-state index >= 15 is 0 Å². The second kappa shape index (κ2) is 6.72. The lowest BCUT2D eigenvalue weighted by Gasteiger charge is -2.25. The van der Waals surface area contributed by atoms with Gasteiger partial charge in [-0.15, -0.1) is 0 Å². The van der Waals surface area contributed by atoms with E-state index in [1.54, 1.807) is 45.0 Å². The predicted octanol–water partition coefficient (Wildman–Crippen LogP) is 1.35. The third-order valence-corrected chi connectivity index (χ3v) is 2.96. The summed E-state index contributed by atoms with van der Waals surface area (Å²) in [5, 5.41) is 14.9. The van der Waals surface area contributed by atoms with Gasteiger partial charge in [0.05, 0.1) is 12.1 Å². The van der Waals surface area contributed by atoms with Crippen LogP contribution in [0.1, 0.15) is 31.1 Å². The van der Waals surface area contributed by atoms with Crippen LogP contribution in [0.5, 0.6) is 0 Å². The molecule has 0 aliphatic heterocycles. The molecule has 0 bridgehead atoms. The van der Waals surface area contributed by atoms with Crippen molar-refractivity contribution in [1.82, 2.24) is 10.6 Å². The quantitative estimate of drug-likeness (QED) is 0.768. The summed E-state index contributed by atoms with van der Waals surface area (Å²) in [6, 6.07) is 5.68. The molecule has 0 aromatic heterocycles. The number of aliphatic hydroxyl groups is 1. The number of hydrogen-bond donors (Lipinski definition) is 3. The Labute approximate surface area is 123 Å². The van der Waals surface area contributed by atoms with E-state index in [1.807, 2.05) is 0 Å². The molecule has 1 rings (SSSR count). The maximum Gasteiger partial charge on any atom is 0.251 e. The van der Waals surface area contributed by atoms with Crippen molar-refractivity contribution in [3.8, 4) is 0 Å². The van der Waals surface area contributed by atoms with Crippen LogP contribution in [0, 0.1) is 0 Å². The number of aliphatic hydroxyl groups excluding tert-OH is 1. The molecule has 110 valence electrons. The van der Waals surface area contributed by atoms with Gasteiger partial charge in [0, 0.05) is 10.6 Å². The second-order valence-electron chi connectivity index (χ2n) is 5.23. The van der Waals surface area contributed by atoms with Crippen LogP contribution >= 0.6 is 11.6 Å². The number of hydrogen-bond acceptors (Lipinski definition) is 3. The van der Waals surface area contributed by atoms with Gasteiger partial charge < -0.3 is 15.7 Å². The van der Waals surface area contributed by atoms with Crippen molar-refractivity contribution in [3.63, 3.8) is 0 Å². The van der Waals surface area contributed by atoms with Gasteiger partial charge in [-0.1, -0.05) is 11.6 Å². The number of benzene rings is 1. The third-order valence-electron chi connectivity index (χ3n) is 2.70. The number of amides is 2. The van der Waals surface area contributed by atoms with E-state index in [4.69, 9.17) is 16.7 Å². The molecule has 1 atom stereocenters. The Morgan fingerprint density at radius 3 is 2.35 bits per heavy atom. The zero-order valence-corrected chi connectivity index (χ0v) is 12.5. The van der Waals surface area contributed by atoms with E-state index in [2.05, 4.69) is 10.6 Å². The number of carbonyl (C=O) groups is 2. The summed E-state index contributed by atoms with van der Waals surface area (Å²) >= 11 is 5.74. The van der Waals surface area contributed by atoms with Crippen molar-refractivity contribution in [3.05, 3.63) is 34.9 Å². The highest BCUT2D eigenvalue weighted by molar-refractivity contribution is 6.30. The molecule has 2 amide bonds. The molecule has 3 N–H and O–H groups in total. The Hall–Kier alpha value is -1.59. The zero-order valence-electron chi connectivity index (χ0n) is 11.7. The first-order valence-electron chi connectivity index (χ1n) is 6.24. The summed E-state index contributed by atoms with van der Waals surface area (Å²) < 4.78 is 0. The first-order valence-corrected chi connectivity index (χ1v) is 6.62. The zero-order chi connectivity index (χ0) is 15.3. The van der Waals surface area contributed by atoms with Crippen LogP contribution in [0.3, 0.4) is 0 Å². The SMILES string of the molecule is CC(NC(=O)c1ccc(Cl)cc1)C(=O)NC(C)(C)CO. The van der Waals surface area contributed by atoms with E-state index in [1.165, 1.54) is 0 Å². The predicted molar refractivity (Wildman–Crippen MR) is 77.7 cm³/mol. The first-order chi connectivity index (χ1) is 9.25. The Balaban J connectivity index is 2.61. The second-order valence-corrected chi connectivity index (χ2v) is 5.67. The van der Waals surface area contributed by atoms with E-state index in [9.17, 15) is 9.59 Å². The maximum atomic E-state index is 11.9. The molecule has 0 fully saturated rings. The van der Waals surface area contributed by atoms with Crippen LogP contribution in [-0.4, -0.2) is 35.1 Å². The summed E-state index contributed by atoms with van der Waals surface area (Å²) in [4.78, 5) is 23.8. The normalized spacial score (nSPS) is 12.7. The molecule has 0 spiro atoms. The van der Waals surface area contributed by atoms with Gasteiger partial charge in [-0.05, 0) is 45.0 Å². The molecular weight excluding hydrogens is 280 g/mol. The number of halogens is 1. The minimum absolute atomic E-state index is 0.184. The fraction of sp³-hybridized carbons (Fsp3) is 0.429. The Kier molecular flexibility index (Phi) is 5.53. The van der Waals surface area contributed by atoms with Crippen molar-refractivity contribution >= 4 is 23.4 Å². The van der Waals surface area contributed by atoms with Gasteiger partial charge in [-0.2, -0.15) is 0 Å². The fourth-order valence-electron chi connectivity index (χ4n) is 1.43. The highest BCUT2D eigenvalue weighted by Crippen LogP contribution is 2.09. The van der Waals surface area contributed by atoms with Crippen molar-refractivity contribution in [2.75, 3.05) is 6.61 Å². The molecule has 0 heterocycles. The van der Waals surface area contributed by atoms with Crippen molar-refractivity contribution in [1.29, 1.82) is 0 Å². The van der Waals surface area contributed by atoms with Crippen LogP contribution in [0.15, 0.2) is 24.3 Å². The molecule has 1 aromatic rings. The lowest BCUT2D eigenvalue weighted by Crippen LogP contribution is -2.53. The summed E-state index contributed by atoms with van der Waals surface area (Å²) in [5.74, 6) is -0.711. The average molecular weight is 299 g/mol. The number of nitrogens with one attached hydrogen (secondary N) is 2. The van der Waals surface area contributed by atoms with Crippen LogP contribution in [-0.2, 0) is 4.79 Å². The minimum atomic E-state index is -0.726. The molecule has 1 unspecified atom stereocenters. The van der Waals surface area contributed by atoms with Crippen molar-refractivity contribution in [2.45, 2.75) is 32.4 Å². The van der Waals surface area contributed by atoms with E-state index in [0.717, 1.165) is 0 Å². The number of carbonyl (C=O) groups excluding carboxylic acids is 2. The third kappa shape index (κ3) is 4.83. The van der Waals surface area contributed by atoms with Gasteiger partial charge in [0.25, 0.3) is 5.91 Å². The maximum absolute atomic E-state index is 11.9. The Morgan fingerprint density at radius 1 is 1.30 bits per heavy atom. The van der Waals surface area contributed by atoms with Crippen molar-refractivity contribution in [2.24, 2.45) is 0 Å². The highest BCUT2D eigenvalue weighted by Gasteiger charge is 2.23. The minimum Gasteiger partial charge on any atom is -0.394 e. The highest BCUT2D eigenvalue weighted by atomic mass is 35.5. The van der Waals surface area contributed by atoms with Crippen LogP contribution in [0.2, 0.25) is 5.02 Å². The first kappa shape index (κ1) is 16.5. The summed E-state index contributed by atoms with van der Waals surface area (Å²) in [7, 11) is 0. The summed E-state index contributed by atoms with van der Waals surface area (Å²) in [5.41, 5.74) is -0.299. The van der Waals surface area contributed by atoms with Gasteiger partial charge in [0.15, 0.2) is 0 Å². The van der Waals surface area contributed by atoms with Crippen molar-refractivity contribution < 1.29 is 14.7 Å². The Morgan fingerprint density at radius 2 is 1.85 bits per heavy atom. The van der Waals surface area contributed by atoms with Gasteiger partial charge in [0.2, 0.25) is 5.91 Å². The summed E-state index contributed by atoms with van der Waals surface area (Å²) in [6.07, 6.45) is 0. The van der Waals surface area contributed by atoms with E-state index in [-0.39, 0.29) is 18.4 Å². The molecule has 0 saturated heterocycles. The molecule has 0 aliphatic rings. The molecular formula is C14H19ClN2O3.